The zero-order valence-electron chi connectivity index (χ0n) is 12.3. The Morgan fingerprint density at radius 3 is 2.85 bits per heavy atom. The third kappa shape index (κ3) is 3.81. The molecule has 2 aromatic rings. The van der Waals surface area contributed by atoms with Gasteiger partial charge >= 0.3 is 0 Å². The molecule has 0 fully saturated rings. The molecule has 1 heterocycles. The Balaban J connectivity index is 2.22. The molecule has 3 nitrogen and oxygen atoms in total. The molecule has 0 saturated carbocycles. The SMILES string of the molecule is CCCNC(Cc1cccc(C)c1)c1cnccc1N. The largest absolute Gasteiger partial charge is 0.398 e. The van der Waals surface area contributed by atoms with Gasteiger partial charge < -0.3 is 11.1 Å². The Morgan fingerprint density at radius 2 is 2.15 bits per heavy atom. The predicted molar refractivity (Wildman–Crippen MR) is 84.6 cm³/mol. The average Bonchev–Trinajstić information content (AvgIpc) is 2.44. The molecule has 0 spiro atoms. The van der Waals surface area contributed by atoms with Crippen LogP contribution in [0.3, 0.4) is 0 Å². The van der Waals surface area contributed by atoms with E-state index in [9.17, 15) is 0 Å². The topological polar surface area (TPSA) is 50.9 Å². The van der Waals surface area contributed by atoms with Gasteiger partial charge in [0.15, 0.2) is 0 Å². The molecule has 1 unspecified atom stereocenters. The fraction of sp³-hybridized carbons (Fsp3) is 0.353. The Bertz CT molecular complexity index is 551. The van der Waals surface area contributed by atoms with E-state index in [2.05, 4.69) is 48.4 Å². The van der Waals surface area contributed by atoms with Gasteiger partial charge in [-0.25, -0.2) is 0 Å². The highest BCUT2D eigenvalue weighted by molar-refractivity contribution is 5.46. The third-order valence-electron chi connectivity index (χ3n) is 3.43. The van der Waals surface area contributed by atoms with E-state index >= 15 is 0 Å². The Hall–Kier alpha value is -1.87. The minimum absolute atomic E-state index is 0.213. The van der Waals surface area contributed by atoms with Crippen LogP contribution >= 0.6 is 0 Å². The van der Waals surface area contributed by atoms with Crippen LogP contribution in [0.1, 0.15) is 36.1 Å². The number of anilines is 1. The van der Waals surface area contributed by atoms with Gasteiger partial charge in [-0.3, -0.25) is 4.98 Å². The third-order valence-corrected chi connectivity index (χ3v) is 3.43. The lowest BCUT2D eigenvalue weighted by molar-refractivity contribution is 0.529. The van der Waals surface area contributed by atoms with Crippen molar-refractivity contribution in [2.24, 2.45) is 0 Å². The molecule has 106 valence electrons. The van der Waals surface area contributed by atoms with Crippen LogP contribution in [0.25, 0.3) is 0 Å². The molecular weight excluding hydrogens is 246 g/mol. The normalized spacial score (nSPS) is 12.3. The predicted octanol–water partition coefficient (Wildman–Crippen LogP) is 3.26. The van der Waals surface area contributed by atoms with Gasteiger partial charge in [0.2, 0.25) is 0 Å². The van der Waals surface area contributed by atoms with E-state index in [1.165, 1.54) is 11.1 Å². The van der Waals surface area contributed by atoms with Crippen LogP contribution in [0.15, 0.2) is 42.7 Å². The molecule has 1 atom stereocenters. The Labute approximate surface area is 121 Å². The number of hydrogen-bond donors (Lipinski definition) is 2. The summed E-state index contributed by atoms with van der Waals surface area (Å²) in [5, 5.41) is 3.57. The molecule has 0 aliphatic rings. The maximum atomic E-state index is 6.10. The van der Waals surface area contributed by atoms with Crippen molar-refractivity contribution in [3.05, 3.63) is 59.4 Å². The molecule has 0 aliphatic heterocycles. The van der Waals surface area contributed by atoms with Gasteiger partial charge in [-0.05, 0) is 37.9 Å². The van der Waals surface area contributed by atoms with Crippen LogP contribution in [-0.4, -0.2) is 11.5 Å². The van der Waals surface area contributed by atoms with Crippen molar-refractivity contribution in [1.82, 2.24) is 10.3 Å². The van der Waals surface area contributed by atoms with Gasteiger partial charge in [-0.1, -0.05) is 36.8 Å². The van der Waals surface area contributed by atoms with Crippen LogP contribution in [-0.2, 0) is 6.42 Å². The van der Waals surface area contributed by atoms with Crippen molar-refractivity contribution in [3.8, 4) is 0 Å². The Kier molecular flexibility index (Phi) is 5.13. The van der Waals surface area contributed by atoms with Crippen molar-refractivity contribution < 1.29 is 0 Å². The molecule has 1 aromatic carbocycles. The first-order valence-corrected chi connectivity index (χ1v) is 7.19. The molecular formula is C17H23N3. The number of rotatable bonds is 6. The maximum absolute atomic E-state index is 6.10. The quantitative estimate of drug-likeness (QED) is 0.846. The van der Waals surface area contributed by atoms with E-state index in [-0.39, 0.29) is 6.04 Å². The zero-order valence-corrected chi connectivity index (χ0v) is 12.3. The molecule has 0 aliphatic carbocycles. The second-order valence-electron chi connectivity index (χ2n) is 5.20. The van der Waals surface area contributed by atoms with Crippen LogP contribution in [0.2, 0.25) is 0 Å². The number of nitrogen functional groups attached to an aromatic ring is 1. The number of benzene rings is 1. The number of nitrogens with two attached hydrogens (primary N) is 1. The van der Waals surface area contributed by atoms with E-state index in [0.29, 0.717) is 0 Å². The summed E-state index contributed by atoms with van der Waals surface area (Å²) >= 11 is 0. The fourth-order valence-corrected chi connectivity index (χ4v) is 2.39. The monoisotopic (exact) mass is 269 g/mol. The summed E-state index contributed by atoms with van der Waals surface area (Å²) in [6.07, 6.45) is 5.64. The molecule has 3 N–H and O–H groups in total. The van der Waals surface area contributed by atoms with Crippen LogP contribution in [0, 0.1) is 6.92 Å². The molecule has 0 saturated heterocycles. The molecule has 1 aromatic heterocycles. The lowest BCUT2D eigenvalue weighted by Crippen LogP contribution is -2.25. The summed E-state index contributed by atoms with van der Waals surface area (Å²) < 4.78 is 0. The Morgan fingerprint density at radius 1 is 1.30 bits per heavy atom. The van der Waals surface area contributed by atoms with Gasteiger partial charge in [0.1, 0.15) is 0 Å². The molecule has 20 heavy (non-hydrogen) atoms. The fourth-order valence-electron chi connectivity index (χ4n) is 2.39. The highest BCUT2D eigenvalue weighted by Gasteiger charge is 2.14. The van der Waals surface area contributed by atoms with E-state index in [1.54, 1.807) is 6.20 Å². The maximum Gasteiger partial charge on any atom is 0.0396 e. The first-order chi connectivity index (χ1) is 9.70. The van der Waals surface area contributed by atoms with Crippen molar-refractivity contribution >= 4 is 5.69 Å². The van der Waals surface area contributed by atoms with Crippen molar-refractivity contribution in [3.63, 3.8) is 0 Å². The highest BCUT2D eigenvalue weighted by Crippen LogP contribution is 2.23. The summed E-state index contributed by atoms with van der Waals surface area (Å²) in [7, 11) is 0. The number of pyridine rings is 1. The molecule has 3 heteroatoms. The van der Waals surface area contributed by atoms with E-state index in [4.69, 9.17) is 5.73 Å². The average molecular weight is 269 g/mol. The van der Waals surface area contributed by atoms with E-state index < -0.39 is 0 Å². The summed E-state index contributed by atoms with van der Waals surface area (Å²) in [5.41, 5.74) is 10.6. The summed E-state index contributed by atoms with van der Waals surface area (Å²) in [6, 6.07) is 10.7. The van der Waals surface area contributed by atoms with Crippen LogP contribution in [0.5, 0.6) is 0 Å². The zero-order chi connectivity index (χ0) is 14.4. The lowest BCUT2D eigenvalue weighted by atomic mass is 9.98. The second-order valence-corrected chi connectivity index (χ2v) is 5.20. The second kappa shape index (κ2) is 7.06. The number of hydrogen-bond acceptors (Lipinski definition) is 3. The molecule has 2 rings (SSSR count). The summed E-state index contributed by atoms with van der Waals surface area (Å²) in [5.74, 6) is 0. The van der Waals surface area contributed by atoms with Gasteiger partial charge in [-0.2, -0.15) is 0 Å². The number of nitrogens with zero attached hydrogens (tertiary/aromatic N) is 1. The van der Waals surface area contributed by atoms with Crippen molar-refractivity contribution in [2.45, 2.75) is 32.7 Å². The van der Waals surface area contributed by atoms with Gasteiger partial charge in [0.05, 0.1) is 0 Å². The van der Waals surface area contributed by atoms with Gasteiger partial charge in [0, 0.05) is 29.7 Å². The number of aromatic nitrogens is 1. The standard InChI is InChI=1S/C17H23N3/c1-3-8-20-17(15-12-19-9-7-16(15)18)11-14-6-4-5-13(2)10-14/h4-7,9-10,12,17,20H,3,8,11H2,1-2H3,(H2,18,19). The molecule has 0 radical (unpaired) electrons. The highest BCUT2D eigenvalue weighted by atomic mass is 14.9. The van der Waals surface area contributed by atoms with Crippen LogP contribution < -0.4 is 11.1 Å². The van der Waals surface area contributed by atoms with Crippen molar-refractivity contribution in [2.75, 3.05) is 12.3 Å². The smallest absolute Gasteiger partial charge is 0.0396 e. The number of nitrogens with one attached hydrogen (secondary N) is 1. The first-order valence-electron chi connectivity index (χ1n) is 7.19. The molecule has 0 amide bonds. The first kappa shape index (κ1) is 14.5. The summed E-state index contributed by atoms with van der Waals surface area (Å²) in [4.78, 5) is 4.21. The van der Waals surface area contributed by atoms with Crippen molar-refractivity contribution in [1.29, 1.82) is 0 Å². The van der Waals surface area contributed by atoms with E-state index in [0.717, 1.165) is 30.6 Å². The summed E-state index contributed by atoms with van der Waals surface area (Å²) in [6.45, 7) is 5.27. The minimum Gasteiger partial charge on any atom is -0.398 e. The van der Waals surface area contributed by atoms with Gasteiger partial charge in [-0.15, -0.1) is 0 Å². The van der Waals surface area contributed by atoms with Gasteiger partial charge in [0.25, 0.3) is 0 Å². The minimum atomic E-state index is 0.213. The van der Waals surface area contributed by atoms with Crippen LogP contribution in [0.4, 0.5) is 5.69 Å². The lowest BCUT2D eigenvalue weighted by Gasteiger charge is -2.20. The van der Waals surface area contributed by atoms with E-state index in [1.807, 2.05) is 12.3 Å². The molecule has 0 bridgehead atoms. The number of aryl methyl sites for hydroxylation is 1.